The number of hydrogen-bond donors (Lipinski definition) is 1. The van der Waals surface area contributed by atoms with Gasteiger partial charge >= 0.3 is 12.2 Å². The molecule has 2 N–H and O–H groups in total. The molecule has 1 saturated heterocycles. The first-order chi connectivity index (χ1) is 15.0. The van der Waals surface area contributed by atoms with Gasteiger partial charge in [0.2, 0.25) is 0 Å². The maximum Gasteiger partial charge on any atom is 0.416 e. The number of rotatable bonds is 4. The molecule has 2 amide bonds. The highest BCUT2D eigenvalue weighted by Gasteiger charge is 2.44. The van der Waals surface area contributed by atoms with Gasteiger partial charge in [-0.15, -0.1) is 0 Å². The van der Waals surface area contributed by atoms with E-state index in [-0.39, 0.29) is 46.6 Å². The predicted octanol–water partition coefficient (Wildman–Crippen LogP) is 3.46. The van der Waals surface area contributed by atoms with Crippen LogP contribution in [0.1, 0.15) is 34.3 Å². The van der Waals surface area contributed by atoms with E-state index in [1.807, 2.05) is 11.9 Å². The summed E-state index contributed by atoms with van der Waals surface area (Å²) in [5.41, 5.74) is 4.86. The Hall–Kier alpha value is -2.59. The van der Waals surface area contributed by atoms with Crippen molar-refractivity contribution >= 4 is 23.5 Å². The van der Waals surface area contributed by atoms with Crippen LogP contribution < -0.4 is 5.73 Å². The first kappa shape index (κ1) is 22.6. The predicted molar refractivity (Wildman–Crippen MR) is 111 cm³/mol. The molecule has 4 rings (SSSR count). The number of nitrogens with two attached hydrogens (primary N) is 1. The zero-order chi connectivity index (χ0) is 23.2. The van der Waals surface area contributed by atoms with Crippen molar-refractivity contribution in [3.63, 3.8) is 0 Å². The third-order valence-corrected chi connectivity index (χ3v) is 6.71. The molecule has 2 aliphatic rings. The van der Waals surface area contributed by atoms with Crippen LogP contribution in [0.25, 0.3) is 0 Å². The van der Waals surface area contributed by atoms with Crippen molar-refractivity contribution in [3.8, 4) is 0 Å². The van der Waals surface area contributed by atoms with Gasteiger partial charge in [-0.05, 0) is 55.5 Å². The first-order valence-electron chi connectivity index (χ1n) is 10.2. The Bertz CT molecular complexity index is 1030. The molecular formula is C21H23ClF3N5O2. The van der Waals surface area contributed by atoms with E-state index in [9.17, 15) is 22.8 Å². The monoisotopic (exact) mass is 469 g/mol. The summed E-state index contributed by atoms with van der Waals surface area (Å²) in [5, 5.41) is 4.19. The van der Waals surface area contributed by atoms with Crippen LogP contribution in [0.5, 0.6) is 0 Å². The van der Waals surface area contributed by atoms with E-state index in [4.69, 9.17) is 17.3 Å². The Balaban J connectivity index is 1.38. The second kappa shape index (κ2) is 8.40. The summed E-state index contributed by atoms with van der Waals surface area (Å²) < 4.78 is 41.2. The minimum Gasteiger partial charge on any atom is -0.366 e. The fourth-order valence-corrected chi connectivity index (χ4v) is 5.05. The number of likely N-dealkylation sites (tertiary alicyclic amines) is 1. The molecule has 1 aliphatic heterocycles. The van der Waals surface area contributed by atoms with Crippen molar-refractivity contribution < 1.29 is 22.8 Å². The molecule has 11 heteroatoms. The van der Waals surface area contributed by atoms with Gasteiger partial charge in [0.1, 0.15) is 0 Å². The largest absolute Gasteiger partial charge is 0.416 e. The van der Waals surface area contributed by atoms with Crippen LogP contribution in [-0.4, -0.2) is 57.7 Å². The number of fused-ring (bicyclic) bond motifs is 1. The van der Waals surface area contributed by atoms with Crippen LogP contribution in [0.2, 0.25) is 5.02 Å². The molecule has 32 heavy (non-hydrogen) atoms. The molecule has 2 aromatic rings. The molecule has 172 valence electrons. The van der Waals surface area contributed by atoms with E-state index in [1.165, 1.54) is 24.5 Å². The average Bonchev–Trinajstić information content (AvgIpc) is 3.41. The van der Waals surface area contributed by atoms with Crippen LogP contribution in [0.3, 0.4) is 0 Å². The molecule has 1 saturated carbocycles. The minimum atomic E-state index is -4.44. The third-order valence-electron chi connectivity index (χ3n) is 6.48. The van der Waals surface area contributed by atoms with Crippen molar-refractivity contribution in [2.75, 3.05) is 20.1 Å². The Morgan fingerprint density at radius 1 is 1.25 bits per heavy atom. The molecule has 7 nitrogen and oxygen atoms in total. The highest BCUT2D eigenvalue weighted by Crippen LogP contribution is 2.41. The Morgan fingerprint density at radius 3 is 2.47 bits per heavy atom. The molecule has 2 fully saturated rings. The van der Waals surface area contributed by atoms with Crippen LogP contribution >= 0.6 is 11.6 Å². The quantitative estimate of drug-likeness (QED) is 0.743. The van der Waals surface area contributed by atoms with Gasteiger partial charge < -0.3 is 10.6 Å². The van der Waals surface area contributed by atoms with E-state index >= 15 is 0 Å². The van der Waals surface area contributed by atoms with Crippen molar-refractivity contribution in [3.05, 3.63) is 52.3 Å². The molecule has 1 unspecified atom stereocenters. The van der Waals surface area contributed by atoms with Gasteiger partial charge in [-0.3, -0.25) is 9.69 Å². The van der Waals surface area contributed by atoms with Crippen molar-refractivity contribution in [1.29, 1.82) is 0 Å². The fraction of sp³-hybridized carbons (Fsp3) is 0.476. The Kier molecular flexibility index (Phi) is 5.93. The number of hydrogen-bond acceptors (Lipinski definition) is 4. The highest BCUT2D eigenvalue weighted by molar-refractivity contribution is 6.30. The zero-order valence-electron chi connectivity index (χ0n) is 17.3. The lowest BCUT2D eigenvalue weighted by molar-refractivity contribution is -0.138. The summed E-state index contributed by atoms with van der Waals surface area (Å²) in [6.07, 6.45) is -0.280. The number of carbonyl (C=O) groups is 2. The van der Waals surface area contributed by atoms with E-state index in [1.54, 1.807) is 4.90 Å². The van der Waals surface area contributed by atoms with Gasteiger partial charge in [0, 0.05) is 36.9 Å². The van der Waals surface area contributed by atoms with Crippen molar-refractivity contribution in [2.45, 2.75) is 31.6 Å². The Labute approximate surface area is 187 Å². The molecule has 0 spiro atoms. The number of aromatic nitrogens is 2. The summed E-state index contributed by atoms with van der Waals surface area (Å²) in [5.74, 6) is -0.125. The van der Waals surface area contributed by atoms with Gasteiger partial charge in [-0.2, -0.15) is 23.0 Å². The molecule has 1 aromatic carbocycles. The molecule has 3 atom stereocenters. The lowest BCUT2D eigenvalue weighted by Crippen LogP contribution is -2.36. The van der Waals surface area contributed by atoms with Gasteiger partial charge in [-0.1, -0.05) is 11.6 Å². The number of benzene rings is 1. The maximum absolute atomic E-state index is 13.4. The minimum absolute atomic E-state index is 0.119. The van der Waals surface area contributed by atoms with Crippen molar-refractivity contribution in [2.24, 2.45) is 17.6 Å². The standard InChI is InChI=1S/C21H23ClF3N5O2/c1-28(8-14-4-16(22)2-3-18(14)21(23,24)25)17-5-12-9-29(10-13(12)6-17)20(32)30-11-15(7-27-30)19(26)31/h2-4,7,11-13,17H,5-6,8-10H2,1H3,(H2,26,31)/t12-,13+,17?. The van der Waals surface area contributed by atoms with Gasteiger partial charge in [-0.25, -0.2) is 4.79 Å². The second-order valence-electron chi connectivity index (χ2n) is 8.59. The van der Waals surface area contributed by atoms with E-state index < -0.39 is 17.6 Å². The number of nitrogens with zero attached hydrogens (tertiary/aromatic N) is 4. The summed E-state index contributed by atoms with van der Waals surface area (Å²) in [6.45, 7) is 1.24. The summed E-state index contributed by atoms with van der Waals surface area (Å²) in [4.78, 5) is 27.5. The second-order valence-corrected chi connectivity index (χ2v) is 9.02. The van der Waals surface area contributed by atoms with Crippen LogP contribution in [-0.2, 0) is 12.7 Å². The summed E-state index contributed by atoms with van der Waals surface area (Å²) in [7, 11) is 1.82. The lowest BCUT2D eigenvalue weighted by atomic mass is 10.0. The van der Waals surface area contributed by atoms with Crippen LogP contribution in [0.15, 0.2) is 30.6 Å². The molecule has 0 bridgehead atoms. The molecule has 1 aliphatic carbocycles. The Morgan fingerprint density at radius 2 is 1.91 bits per heavy atom. The third kappa shape index (κ3) is 4.47. The molecule has 2 heterocycles. The summed E-state index contributed by atoms with van der Waals surface area (Å²) in [6, 6.07) is 3.46. The van der Waals surface area contributed by atoms with E-state index in [0.717, 1.165) is 23.6 Å². The number of carbonyl (C=O) groups excluding carboxylic acids is 2. The van der Waals surface area contributed by atoms with Gasteiger partial charge in [0.05, 0.1) is 17.3 Å². The smallest absolute Gasteiger partial charge is 0.366 e. The number of amides is 2. The maximum atomic E-state index is 13.4. The van der Waals surface area contributed by atoms with Crippen LogP contribution in [0.4, 0.5) is 18.0 Å². The van der Waals surface area contributed by atoms with E-state index in [0.29, 0.717) is 13.1 Å². The van der Waals surface area contributed by atoms with E-state index in [2.05, 4.69) is 5.10 Å². The molecular weight excluding hydrogens is 447 g/mol. The number of halogens is 4. The lowest BCUT2D eigenvalue weighted by Gasteiger charge is -2.27. The van der Waals surface area contributed by atoms with Crippen LogP contribution in [0, 0.1) is 11.8 Å². The zero-order valence-corrected chi connectivity index (χ0v) is 18.1. The average molecular weight is 470 g/mol. The normalized spacial score (nSPS) is 23.1. The van der Waals surface area contributed by atoms with Crippen molar-refractivity contribution in [1.82, 2.24) is 19.6 Å². The van der Waals surface area contributed by atoms with Gasteiger partial charge in [0.25, 0.3) is 5.91 Å². The highest BCUT2D eigenvalue weighted by atomic mass is 35.5. The fourth-order valence-electron chi connectivity index (χ4n) is 4.85. The first-order valence-corrected chi connectivity index (χ1v) is 10.6. The van der Waals surface area contributed by atoms with Gasteiger partial charge in [0.15, 0.2) is 0 Å². The SMILES string of the molecule is CN(Cc1cc(Cl)ccc1C(F)(F)F)C1C[C@@H]2CN(C(=O)n3cc(C(N)=O)cn3)C[C@@H]2C1. The summed E-state index contributed by atoms with van der Waals surface area (Å²) >= 11 is 5.95. The number of alkyl halides is 3. The molecule has 1 aromatic heterocycles. The number of primary amides is 1. The topological polar surface area (TPSA) is 84.5 Å². The molecule has 0 radical (unpaired) electrons.